The van der Waals surface area contributed by atoms with Crippen LogP contribution in [0, 0.1) is 17.8 Å². The van der Waals surface area contributed by atoms with Crippen molar-refractivity contribution in [1.82, 2.24) is 24.8 Å². The fourth-order valence-corrected chi connectivity index (χ4v) is 10.3. The smallest absolute Gasteiger partial charge is 0.248 e. The molecule has 260 valence electrons. The minimum Gasteiger partial charge on any atom is -0.494 e. The first-order chi connectivity index (χ1) is 23.7. The van der Waals surface area contributed by atoms with E-state index in [1.54, 1.807) is 43.3 Å². The number of ether oxygens (including phenoxy) is 1. The number of hydrogen-bond acceptors (Lipinski definition) is 8. The van der Waals surface area contributed by atoms with Gasteiger partial charge >= 0.3 is 0 Å². The highest BCUT2D eigenvalue weighted by molar-refractivity contribution is 8.02. The summed E-state index contributed by atoms with van der Waals surface area (Å²) < 4.78 is 6.47. The van der Waals surface area contributed by atoms with Crippen molar-refractivity contribution in [3.63, 3.8) is 0 Å². The Morgan fingerprint density at radius 3 is 2.53 bits per heavy atom. The molecule has 3 aliphatic heterocycles. The van der Waals surface area contributed by atoms with Crippen LogP contribution in [0.4, 0.5) is 5.69 Å². The number of carbonyl (C=O) groups excluding carboxylic acids is 3. The first-order valence-corrected chi connectivity index (χ1v) is 18.1. The van der Waals surface area contributed by atoms with Gasteiger partial charge < -0.3 is 24.5 Å². The summed E-state index contributed by atoms with van der Waals surface area (Å²) in [6, 6.07) is 13.5. The van der Waals surface area contributed by atoms with Crippen molar-refractivity contribution in [2.45, 2.75) is 68.8 Å². The number of aromatic nitrogens is 3. The molecule has 0 aliphatic carbocycles. The summed E-state index contributed by atoms with van der Waals surface area (Å²) in [6.07, 6.45) is 5.38. The van der Waals surface area contributed by atoms with E-state index in [4.69, 9.17) is 4.74 Å². The fourth-order valence-electron chi connectivity index (χ4n) is 8.07. The topological polar surface area (TPSA) is 121 Å². The Kier molecular flexibility index (Phi) is 10.2. The Morgan fingerprint density at radius 2 is 1.86 bits per heavy atom. The van der Waals surface area contributed by atoms with Crippen molar-refractivity contribution in [1.29, 1.82) is 0 Å². The van der Waals surface area contributed by atoms with Crippen LogP contribution < -0.4 is 9.64 Å². The van der Waals surface area contributed by atoms with Crippen LogP contribution in [-0.4, -0.2) is 96.0 Å². The van der Waals surface area contributed by atoms with Crippen LogP contribution in [-0.2, 0) is 21.1 Å². The maximum atomic E-state index is 15.0. The van der Waals surface area contributed by atoms with Gasteiger partial charge in [-0.3, -0.25) is 14.4 Å². The van der Waals surface area contributed by atoms with E-state index in [1.807, 2.05) is 69.3 Å². The third-order valence-electron chi connectivity index (χ3n) is 10.5. The first kappa shape index (κ1) is 34.7. The van der Waals surface area contributed by atoms with Crippen LogP contribution in [0.5, 0.6) is 5.75 Å². The lowest BCUT2D eigenvalue weighted by Gasteiger charge is -2.41. The number of hydrogen-bond donors (Lipinski definition) is 1. The summed E-state index contributed by atoms with van der Waals surface area (Å²) in [7, 11) is 0. The average Bonchev–Trinajstić information content (AvgIpc) is 3.87. The molecule has 2 unspecified atom stereocenters. The molecule has 49 heavy (non-hydrogen) atoms. The van der Waals surface area contributed by atoms with E-state index in [9.17, 15) is 14.7 Å². The Labute approximate surface area is 291 Å². The molecule has 2 bridgehead atoms. The molecule has 1 N–H and O–H groups in total. The third-order valence-corrected chi connectivity index (χ3v) is 12.5. The molecule has 12 heteroatoms. The SMILES string of the molecule is C=CCN(Cn1nnc2ccccc21)C(=O)C1N([C@@H](CO)[C@@H](C)CC)C(=O)[C@@H]2[C@H](C(=O)N(CC=C)c3ccc(OCC)cc3)[C@@H]3CCC12S3. The number of anilines is 1. The van der Waals surface area contributed by atoms with Gasteiger partial charge in [0.2, 0.25) is 17.7 Å². The van der Waals surface area contributed by atoms with Crippen molar-refractivity contribution in [3.05, 3.63) is 73.8 Å². The molecule has 3 saturated heterocycles. The largest absolute Gasteiger partial charge is 0.494 e. The van der Waals surface area contributed by atoms with Gasteiger partial charge in [0.15, 0.2) is 0 Å². The van der Waals surface area contributed by atoms with E-state index in [1.165, 1.54) is 0 Å². The molecule has 1 spiro atoms. The predicted molar refractivity (Wildman–Crippen MR) is 191 cm³/mol. The van der Waals surface area contributed by atoms with Crippen LogP contribution in [0.3, 0.4) is 0 Å². The normalized spacial score (nSPS) is 25.2. The second kappa shape index (κ2) is 14.4. The number of nitrogens with zero attached hydrogens (tertiary/aromatic N) is 6. The zero-order valence-electron chi connectivity index (χ0n) is 28.5. The van der Waals surface area contributed by atoms with Crippen molar-refractivity contribution in [2.24, 2.45) is 17.8 Å². The van der Waals surface area contributed by atoms with E-state index < -0.39 is 28.7 Å². The highest BCUT2D eigenvalue weighted by Gasteiger charge is 2.75. The Balaban J connectivity index is 1.40. The van der Waals surface area contributed by atoms with Crippen LogP contribution >= 0.6 is 11.8 Å². The average molecular weight is 687 g/mol. The lowest BCUT2D eigenvalue weighted by atomic mass is 9.70. The fraction of sp³-hybridized carbons (Fsp3) is 0.486. The van der Waals surface area contributed by atoms with Crippen molar-refractivity contribution in [2.75, 3.05) is 31.2 Å². The summed E-state index contributed by atoms with van der Waals surface area (Å²) >= 11 is 1.62. The number of fused-ring (bicyclic) bond motifs is 2. The van der Waals surface area contributed by atoms with Crippen LogP contribution in [0.15, 0.2) is 73.8 Å². The number of benzene rings is 2. The van der Waals surface area contributed by atoms with Gasteiger partial charge in [0.25, 0.3) is 0 Å². The van der Waals surface area contributed by atoms with Gasteiger partial charge in [-0.05, 0) is 62.1 Å². The van der Waals surface area contributed by atoms with Crippen molar-refractivity contribution >= 4 is 46.2 Å². The minimum absolute atomic E-state index is 0.0796. The zero-order valence-corrected chi connectivity index (χ0v) is 29.3. The van der Waals surface area contributed by atoms with Gasteiger partial charge in [0, 0.05) is 24.0 Å². The van der Waals surface area contributed by atoms with Gasteiger partial charge in [0.05, 0.1) is 41.4 Å². The van der Waals surface area contributed by atoms with E-state index in [0.29, 0.717) is 42.8 Å². The predicted octanol–water partition coefficient (Wildman–Crippen LogP) is 4.52. The van der Waals surface area contributed by atoms with Gasteiger partial charge in [-0.25, -0.2) is 4.68 Å². The molecular formula is C37H46N6O5S. The molecular weight excluding hydrogens is 641 g/mol. The summed E-state index contributed by atoms with van der Waals surface area (Å²) in [5.74, 6) is -1.36. The molecule has 11 nitrogen and oxygen atoms in total. The number of aliphatic hydroxyl groups is 1. The second-order valence-electron chi connectivity index (χ2n) is 13.2. The second-order valence-corrected chi connectivity index (χ2v) is 14.8. The van der Waals surface area contributed by atoms with Gasteiger partial charge in [-0.15, -0.1) is 30.0 Å². The summed E-state index contributed by atoms with van der Waals surface area (Å²) in [4.78, 5) is 49.6. The zero-order chi connectivity index (χ0) is 34.9. The van der Waals surface area contributed by atoms with Crippen LogP contribution in [0.25, 0.3) is 11.0 Å². The molecule has 3 aromatic rings. The molecule has 2 aromatic carbocycles. The number of rotatable bonds is 15. The van der Waals surface area contributed by atoms with E-state index in [0.717, 1.165) is 5.52 Å². The standard InChI is InChI=1S/C37H46N6O5S/c1-6-20-40(23-42-28-13-11-10-12-27(28)38-39-42)36(47)33-37-19-18-30(49-37)31(32(37)35(46)43(33)29(22-44)24(5)8-3)34(45)41(21-7-2)25-14-16-26(17-15-25)48-9-4/h6-7,10-17,24,29-33,44H,1-2,8-9,18-23H2,3-5H3/t24-,29-,30-,31+,32-,33?,37?/m0/s1. The van der Waals surface area contributed by atoms with Crippen molar-refractivity contribution in [3.8, 4) is 5.75 Å². The lowest BCUT2D eigenvalue weighted by Crippen LogP contribution is -2.58. The monoisotopic (exact) mass is 686 g/mol. The molecule has 7 atom stereocenters. The molecule has 0 saturated carbocycles. The van der Waals surface area contributed by atoms with Gasteiger partial charge in [0.1, 0.15) is 24.0 Å². The number of aliphatic hydroxyl groups excluding tert-OH is 1. The highest BCUT2D eigenvalue weighted by atomic mass is 32.2. The molecule has 3 aliphatic rings. The number of likely N-dealkylation sites (tertiary alicyclic amines) is 1. The molecule has 3 fully saturated rings. The Bertz CT molecular complexity index is 1710. The van der Waals surface area contributed by atoms with Gasteiger partial charge in [-0.1, -0.05) is 49.8 Å². The number of amides is 3. The van der Waals surface area contributed by atoms with E-state index >= 15 is 4.79 Å². The van der Waals surface area contributed by atoms with Crippen LogP contribution in [0.1, 0.15) is 40.0 Å². The maximum Gasteiger partial charge on any atom is 0.248 e. The molecule has 4 heterocycles. The Morgan fingerprint density at radius 1 is 1.12 bits per heavy atom. The molecule has 3 amide bonds. The summed E-state index contributed by atoms with van der Waals surface area (Å²) in [5, 5.41) is 19.3. The molecule has 6 rings (SSSR count). The first-order valence-electron chi connectivity index (χ1n) is 17.2. The van der Waals surface area contributed by atoms with Gasteiger partial charge in [-0.2, -0.15) is 0 Å². The molecule has 1 aromatic heterocycles. The van der Waals surface area contributed by atoms with E-state index in [-0.39, 0.29) is 55.3 Å². The number of para-hydroxylation sites is 1. The third kappa shape index (κ3) is 5.92. The van der Waals surface area contributed by atoms with Crippen molar-refractivity contribution < 1.29 is 24.2 Å². The van der Waals surface area contributed by atoms with E-state index in [2.05, 4.69) is 23.5 Å². The van der Waals surface area contributed by atoms with Crippen LogP contribution in [0.2, 0.25) is 0 Å². The summed E-state index contributed by atoms with van der Waals surface area (Å²) in [5.41, 5.74) is 2.19. The quantitative estimate of drug-likeness (QED) is 0.232. The minimum atomic E-state index is -0.878. The number of thioether (sulfide) groups is 1. The highest BCUT2D eigenvalue weighted by Crippen LogP contribution is 2.67. The Hall–Kier alpha value is -4.16. The molecule has 0 radical (unpaired) electrons. The number of carbonyl (C=O) groups is 3. The maximum absolute atomic E-state index is 15.0. The lowest BCUT2D eigenvalue weighted by molar-refractivity contribution is -0.147. The summed E-state index contributed by atoms with van der Waals surface area (Å²) in [6.45, 7) is 14.6.